The minimum Gasteiger partial charge on any atom is -0.449 e. The predicted molar refractivity (Wildman–Crippen MR) is 325 cm³/mol. The molecule has 0 atom stereocenters. The number of hydrogen-bond acceptors (Lipinski definition) is 4. The number of para-hydroxylation sites is 4. The van der Waals surface area contributed by atoms with Crippen LogP contribution in [0.2, 0.25) is 26.2 Å². The van der Waals surface area contributed by atoms with Crippen LogP contribution in [0.15, 0.2) is 252 Å². The van der Waals surface area contributed by atoms with E-state index in [4.69, 9.17) is 4.12 Å². The van der Waals surface area contributed by atoms with Crippen LogP contribution < -0.4 is 20.2 Å². The fraction of sp³-hybridized carbons (Fsp3) is 0.0725. The Balaban J connectivity index is 0.801. The second kappa shape index (κ2) is 17.9. The fourth-order valence-electron chi connectivity index (χ4n) is 12.4. The van der Waals surface area contributed by atoms with E-state index in [0.717, 1.165) is 6.42 Å². The Morgan fingerprint density at radius 2 is 0.613 bits per heavy atom. The Bertz CT molecular complexity index is 3770. The summed E-state index contributed by atoms with van der Waals surface area (Å²) in [4.78, 5) is 7.54. The monoisotopic (exact) mass is 1010 g/mol. The van der Waals surface area contributed by atoms with Gasteiger partial charge >= 0.3 is 0 Å². The van der Waals surface area contributed by atoms with Gasteiger partial charge in [-0.25, -0.2) is 0 Å². The third kappa shape index (κ3) is 7.49. The van der Waals surface area contributed by atoms with Gasteiger partial charge in [0.25, 0.3) is 0 Å². The molecule has 0 saturated heterocycles. The zero-order chi connectivity index (χ0) is 50.4. The molecule has 0 radical (unpaired) electrons. The van der Waals surface area contributed by atoms with Gasteiger partial charge in [0.15, 0.2) is 0 Å². The number of hydrogen-bond donors (Lipinski definition) is 0. The third-order valence-electron chi connectivity index (χ3n) is 15.8. The fourth-order valence-corrected chi connectivity index (χ4v) is 21.5. The van der Waals surface area contributed by atoms with E-state index in [9.17, 15) is 0 Å². The van der Waals surface area contributed by atoms with E-state index in [1.807, 2.05) is 11.8 Å². The molecule has 0 fully saturated rings. The van der Waals surface area contributed by atoms with Crippen molar-refractivity contribution in [2.24, 2.45) is 0 Å². The van der Waals surface area contributed by atoms with Crippen molar-refractivity contribution in [2.75, 3.05) is 9.80 Å². The van der Waals surface area contributed by atoms with Crippen LogP contribution in [0.1, 0.15) is 11.1 Å². The van der Waals surface area contributed by atoms with Gasteiger partial charge in [-0.2, -0.15) is 0 Å². The SMILES string of the molecule is C[Si](C)(O[Si](C)(C)c1ccc(-c2c3ccccc3c(N3c4ccccc4Sc4ccccc43)c3ccccc23)cc1)c1ccc(-c2c3ccccc3c(N3c4ccccc4Cc4ccccc43)c3ccccc23)cc1. The van der Waals surface area contributed by atoms with Crippen LogP contribution in [0.5, 0.6) is 0 Å². The summed E-state index contributed by atoms with van der Waals surface area (Å²) in [5.74, 6) is 0. The highest BCUT2D eigenvalue weighted by atomic mass is 32.2. The van der Waals surface area contributed by atoms with Crippen molar-refractivity contribution in [3.05, 3.63) is 254 Å². The van der Waals surface area contributed by atoms with Gasteiger partial charge in [-0.15, -0.1) is 0 Å². The van der Waals surface area contributed by atoms with Crippen molar-refractivity contribution < 1.29 is 4.12 Å². The zero-order valence-electron chi connectivity index (χ0n) is 42.5. The molecular weight excluding hydrogens is 961 g/mol. The molecule has 0 N–H and O–H groups in total. The second-order valence-corrected chi connectivity index (χ2v) is 30.1. The van der Waals surface area contributed by atoms with Gasteiger partial charge in [0, 0.05) is 49.1 Å². The molecule has 12 aromatic rings. The molecule has 0 aliphatic carbocycles. The Labute approximate surface area is 445 Å². The van der Waals surface area contributed by atoms with Gasteiger partial charge in [0.2, 0.25) is 16.6 Å². The normalized spacial score (nSPS) is 13.2. The molecule has 12 aromatic carbocycles. The van der Waals surface area contributed by atoms with E-state index in [2.05, 4.69) is 279 Å². The van der Waals surface area contributed by atoms with Crippen molar-refractivity contribution in [3.8, 4) is 22.3 Å². The van der Waals surface area contributed by atoms with Crippen LogP contribution in [-0.4, -0.2) is 16.6 Å². The van der Waals surface area contributed by atoms with Gasteiger partial charge in [-0.3, -0.25) is 0 Å². The van der Waals surface area contributed by atoms with Crippen LogP contribution in [0, 0.1) is 0 Å². The molecule has 14 rings (SSSR count). The summed E-state index contributed by atoms with van der Waals surface area (Å²) in [6.45, 7) is 9.49. The van der Waals surface area contributed by atoms with Crippen LogP contribution in [0.3, 0.4) is 0 Å². The average Bonchev–Trinajstić information content (AvgIpc) is 3.46. The minimum absolute atomic E-state index is 0.925. The highest BCUT2D eigenvalue weighted by Crippen LogP contribution is 2.56. The van der Waals surface area contributed by atoms with Gasteiger partial charge < -0.3 is 13.9 Å². The lowest BCUT2D eigenvalue weighted by Gasteiger charge is -2.35. The summed E-state index contributed by atoms with van der Waals surface area (Å²) in [7, 11) is -4.81. The first-order valence-electron chi connectivity index (χ1n) is 26.1. The van der Waals surface area contributed by atoms with Crippen molar-refractivity contribution in [2.45, 2.75) is 42.4 Å². The number of nitrogens with zero attached hydrogens (tertiary/aromatic N) is 2. The summed E-state index contributed by atoms with van der Waals surface area (Å²) < 4.78 is 7.52. The Kier molecular flexibility index (Phi) is 10.9. The van der Waals surface area contributed by atoms with E-state index in [-0.39, 0.29) is 0 Å². The Morgan fingerprint density at radius 3 is 0.987 bits per heavy atom. The summed E-state index contributed by atoms with van der Waals surface area (Å²) in [5.41, 5.74) is 15.0. The van der Waals surface area contributed by atoms with E-state index in [0.29, 0.717) is 0 Å². The number of anilines is 6. The summed E-state index contributed by atoms with van der Waals surface area (Å²) in [6.07, 6.45) is 0.925. The van der Waals surface area contributed by atoms with Crippen molar-refractivity contribution in [1.82, 2.24) is 0 Å². The van der Waals surface area contributed by atoms with Crippen molar-refractivity contribution in [1.29, 1.82) is 0 Å². The van der Waals surface area contributed by atoms with E-state index < -0.39 is 16.6 Å². The molecule has 360 valence electrons. The highest BCUT2D eigenvalue weighted by Gasteiger charge is 2.37. The maximum absolute atomic E-state index is 7.52. The molecule has 0 bridgehead atoms. The Hall–Kier alpha value is -7.98. The molecule has 2 aliphatic heterocycles. The largest absolute Gasteiger partial charge is 0.449 e. The first-order valence-corrected chi connectivity index (χ1v) is 32.8. The molecule has 2 heterocycles. The summed E-state index contributed by atoms with van der Waals surface area (Å²) in [5, 5.41) is 12.5. The zero-order valence-corrected chi connectivity index (χ0v) is 45.3. The van der Waals surface area contributed by atoms with Gasteiger partial charge in [-0.1, -0.05) is 218 Å². The summed E-state index contributed by atoms with van der Waals surface area (Å²) in [6, 6.07) is 90.2. The molecule has 0 amide bonds. The first-order chi connectivity index (χ1) is 36.7. The first kappa shape index (κ1) is 45.6. The van der Waals surface area contributed by atoms with Crippen molar-refractivity contribution >= 4 is 116 Å². The van der Waals surface area contributed by atoms with Crippen LogP contribution in [-0.2, 0) is 10.5 Å². The maximum atomic E-state index is 7.52. The molecule has 0 saturated carbocycles. The van der Waals surface area contributed by atoms with E-state index >= 15 is 0 Å². The second-order valence-electron chi connectivity index (χ2n) is 21.0. The minimum atomic E-state index is -2.40. The molecule has 0 spiro atoms. The standard InChI is InChI=1S/C69H54N2OSSi2/c1-74(2,50-41-37-46(38-42-50)66-52-23-7-11-27-56(52)68(57-28-12-8-24-53(57)66)70-60-31-15-5-21-48(60)45-49-22-6-16-32-61(49)70)72-75(3,4)51-43-39-47(40-44-51)67-54-25-9-13-29-58(54)69(59-30-14-10-26-55(59)67)71-62-33-17-19-35-64(62)73-65-36-20-18-34-63(65)71/h5-44H,45H2,1-4H3. The van der Waals surface area contributed by atoms with Crippen molar-refractivity contribution in [3.63, 3.8) is 0 Å². The smallest absolute Gasteiger partial charge is 0.206 e. The molecule has 0 aromatic heterocycles. The third-order valence-corrected chi connectivity index (χ3v) is 24.4. The lowest BCUT2D eigenvalue weighted by atomic mass is 9.88. The number of rotatable bonds is 8. The lowest BCUT2D eigenvalue weighted by Crippen LogP contribution is -2.57. The molecule has 6 heteroatoms. The van der Waals surface area contributed by atoms with Crippen LogP contribution in [0.4, 0.5) is 34.1 Å². The van der Waals surface area contributed by atoms with Crippen LogP contribution >= 0.6 is 11.8 Å². The van der Waals surface area contributed by atoms with Gasteiger partial charge in [-0.05, 0) is 128 Å². The maximum Gasteiger partial charge on any atom is 0.206 e. The molecule has 75 heavy (non-hydrogen) atoms. The molecule has 0 unspecified atom stereocenters. The summed E-state index contributed by atoms with van der Waals surface area (Å²) >= 11 is 1.85. The molecular formula is C69H54N2OSSi2. The highest BCUT2D eigenvalue weighted by molar-refractivity contribution is 7.99. The molecule has 3 nitrogen and oxygen atoms in total. The van der Waals surface area contributed by atoms with E-state index in [1.54, 1.807) is 0 Å². The number of benzene rings is 12. The topological polar surface area (TPSA) is 15.7 Å². The van der Waals surface area contributed by atoms with Gasteiger partial charge in [0.1, 0.15) is 0 Å². The Morgan fingerprint density at radius 1 is 0.320 bits per heavy atom. The lowest BCUT2D eigenvalue weighted by molar-refractivity contribution is 0.573. The van der Waals surface area contributed by atoms with Crippen LogP contribution in [0.25, 0.3) is 65.3 Å². The van der Waals surface area contributed by atoms with Gasteiger partial charge in [0.05, 0.1) is 22.7 Å². The van der Waals surface area contributed by atoms with E-state index in [1.165, 1.54) is 131 Å². The quantitative estimate of drug-likeness (QED) is 0.111. The number of fused-ring (bicyclic) bond motifs is 8. The predicted octanol–water partition coefficient (Wildman–Crippen LogP) is 18.5. The molecule has 2 aliphatic rings. The average molecular weight is 1020 g/mol.